The normalized spacial score (nSPS) is 17.7. The second-order valence-corrected chi connectivity index (χ2v) is 9.37. The molecule has 2 aromatic rings. The zero-order chi connectivity index (χ0) is 17.0. The van der Waals surface area contributed by atoms with E-state index in [0.717, 1.165) is 30.0 Å². The molecule has 1 saturated heterocycles. The number of sulfonamides is 1. The van der Waals surface area contributed by atoms with E-state index in [1.54, 1.807) is 12.1 Å². The van der Waals surface area contributed by atoms with Gasteiger partial charge in [0.1, 0.15) is 17.3 Å². The van der Waals surface area contributed by atoms with Crippen molar-refractivity contribution in [2.45, 2.75) is 10.3 Å². The third kappa shape index (κ3) is 4.56. The zero-order valence-corrected chi connectivity index (χ0v) is 15.5. The predicted octanol–water partition coefficient (Wildman–Crippen LogP) is 1.34. The van der Waals surface area contributed by atoms with Gasteiger partial charge in [0.15, 0.2) is 0 Å². The third-order valence-electron chi connectivity index (χ3n) is 4.01. The van der Waals surface area contributed by atoms with Crippen LogP contribution in [0.15, 0.2) is 46.7 Å². The van der Waals surface area contributed by atoms with Gasteiger partial charge in [-0.05, 0) is 17.7 Å². The summed E-state index contributed by atoms with van der Waals surface area (Å²) in [5.41, 5.74) is 0.961. The van der Waals surface area contributed by atoms with E-state index in [0.29, 0.717) is 24.1 Å². The number of quaternary nitrogens is 1. The summed E-state index contributed by atoms with van der Waals surface area (Å²) in [6.07, 6.45) is 0. The van der Waals surface area contributed by atoms with Gasteiger partial charge in [-0.3, -0.25) is 0 Å². The van der Waals surface area contributed by atoms with Crippen molar-refractivity contribution in [3.8, 4) is 0 Å². The highest BCUT2D eigenvalue weighted by Crippen LogP contribution is 2.26. The SMILES string of the molecule is O=S(=O)(N[C@H](C[NH+]1CCOCC1)c1ccccc1)c1ccc(Cl)s1. The second kappa shape index (κ2) is 7.95. The number of ether oxygens (including phenoxy) is 1. The van der Waals surface area contributed by atoms with Gasteiger partial charge in [0.2, 0.25) is 0 Å². The fraction of sp³-hybridized carbons (Fsp3) is 0.375. The molecule has 8 heteroatoms. The second-order valence-electron chi connectivity index (χ2n) is 5.71. The highest BCUT2D eigenvalue weighted by Gasteiger charge is 2.27. The smallest absolute Gasteiger partial charge is 0.250 e. The third-order valence-corrected chi connectivity index (χ3v) is 7.20. The number of halogens is 1. The van der Waals surface area contributed by atoms with E-state index in [1.807, 2.05) is 30.3 Å². The molecule has 1 aliphatic heterocycles. The molecule has 0 spiro atoms. The topological polar surface area (TPSA) is 59.8 Å². The predicted molar refractivity (Wildman–Crippen MR) is 95.2 cm³/mol. The van der Waals surface area contributed by atoms with Crippen LogP contribution in [0.25, 0.3) is 0 Å². The van der Waals surface area contributed by atoms with Crippen molar-refractivity contribution < 1.29 is 18.1 Å². The van der Waals surface area contributed by atoms with Crippen molar-refractivity contribution in [3.05, 3.63) is 52.4 Å². The van der Waals surface area contributed by atoms with Gasteiger partial charge < -0.3 is 9.64 Å². The zero-order valence-electron chi connectivity index (χ0n) is 13.1. The molecule has 5 nitrogen and oxygen atoms in total. The minimum Gasteiger partial charge on any atom is -0.370 e. The van der Waals surface area contributed by atoms with Crippen LogP contribution in [0.4, 0.5) is 0 Å². The monoisotopic (exact) mass is 387 g/mol. The van der Waals surface area contributed by atoms with Gasteiger partial charge in [-0.25, -0.2) is 8.42 Å². The van der Waals surface area contributed by atoms with Crippen molar-refractivity contribution in [1.82, 2.24) is 4.72 Å². The number of hydrogen-bond acceptors (Lipinski definition) is 4. The first kappa shape index (κ1) is 17.8. The maximum atomic E-state index is 12.7. The molecule has 1 aromatic heterocycles. The van der Waals surface area contributed by atoms with E-state index in [4.69, 9.17) is 16.3 Å². The van der Waals surface area contributed by atoms with E-state index in [2.05, 4.69) is 4.72 Å². The van der Waals surface area contributed by atoms with E-state index in [9.17, 15) is 8.42 Å². The van der Waals surface area contributed by atoms with E-state index >= 15 is 0 Å². The summed E-state index contributed by atoms with van der Waals surface area (Å²) >= 11 is 6.95. The van der Waals surface area contributed by atoms with Gasteiger partial charge in [0, 0.05) is 0 Å². The molecule has 0 aliphatic carbocycles. The van der Waals surface area contributed by atoms with E-state index < -0.39 is 10.0 Å². The van der Waals surface area contributed by atoms with Crippen LogP contribution in [0.3, 0.4) is 0 Å². The molecule has 1 fully saturated rings. The van der Waals surface area contributed by atoms with Crippen molar-refractivity contribution in [3.63, 3.8) is 0 Å². The molecule has 1 atom stereocenters. The summed E-state index contributed by atoms with van der Waals surface area (Å²) in [6, 6.07) is 12.5. The first-order valence-electron chi connectivity index (χ1n) is 7.78. The van der Waals surface area contributed by atoms with Gasteiger partial charge in [-0.15, -0.1) is 11.3 Å². The average molecular weight is 388 g/mol. The quantitative estimate of drug-likeness (QED) is 0.786. The lowest BCUT2D eigenvalue weighted by molar-refractivity contribution is -0.909. The molecular weight excluding hydrogens is 368 g/mol. The molecule has 0 bridgehead atoms. The van der Waals surface area contributed by atoms with Crippen LogP contribution in [0.2, 0.25) is 4.34 Å². The van der Waals surface area contributed by atoms with Crippen LogP contribution in [-0.2, 0) is 14.8 Å². The van der Waals surface area contributed by atoms with Gasteiger partial charge in [-0.2, -0.15) is 4.72 Å². The van der Waals surface area contributed by atoms with Gasteiger partial charge >= 0.3 is 0 Å². The molecular formula is C16H20ClN2O3S2+. The number of hydrogen-bond donors (Lipinski definition) is 2. The largest absolute Gasteiger partial charge is 0.370 e. The lowest BCUT2D eigenvalue weighted by atomic mass is 10.1. The minimum absolute atomic E-state index is 0.241. The standard InChI is InChI=1S/C16H19ClN2O3S2/c17-15-6-7-16(23-15)24(20,21)18-14(13-4-2-1-3-5-13)12-19-8-10-22-11-9-19/h1-7,14,18H,8-12H2/p+1/t14-/m1/s1. The van der Waals surface area contributed by atoms with Gasteiger partial charge in [0.05, 0.1) is 30.1 Å². The van der Waals surface area contributed by atoms with Gasteiger partial charge in [-0.1, -0.05) is 41.9 Å². The first-order chi connectivity index (χ1) is 11.5. The Balaban J connectivity index is 1.81. The number of thiophene rings is 1. The molecule has 0 amide bonds. The van der Waals surface area contributed by atoms with Crippen LogP contribution in [0.1, 0.15) is 11.6 Å². The van der Waals surface area contributed by atoms with Crippen molar-refractivity contribution in [1.29, 1.82) is 0 Å². The Labute approximate surface area is 151 Å². The maximum absolute atomic E-state index is 12.7. The molecule has 0 radical (unpaired) electrons. The van der Waals surface area contributed by atoms with Crippen LogP contribution in [0.5, 0.6) is 0 Å². The number of rotatable bonds is 6. The molecule has 1 aromatic carbocycles. The van der Waals surface area contributed by atoms with Crippen LogP contribution in [0, 0.1) is 0 Å². The molecule has 2 N–H and O–H groups in total. The Morgan fingerprint density at radius 1 is 1.17 bits per heavy atom. The van der Waals surface area contributed by atoms with Crippen LogP contribution >= 0.6 is 22.9 Å². The summed E-state index contributed by atoms with van der Waals surface area (Å²) in [5.74, 6) is 0. The fourth-order valence-corrected chi connectivity index (χ4v) is 5.48. The Kier molecular flexibility index (Phi) is 5.91. The average Bonchev–Trinajstić information content (AvgIpc) is 3.03. The van der Waals surface area contributed by atoms with Crippen molar-refractivity contribution in [2.75, 3.05) is 32.8 Å². The van der Waals surface area contributed by atoms with Crippen molar-refractivity contribution >= 4 is 33.0 Å². The van der Waals surface area contributed by atoms with E-state index in [-0.39, 0.29) is 10.3 Å². The molecule has 1 aliphatic rings. The molecule has 2 heterocycles. The molecule has 0 saturated carbocycles. The van der Waals surface area contributed by atoms with Crippen LogP contribution in [-0.4, -0.2) is 41.3 Å². The van der Waals surface area contributed by atoms with Crippen molar-refractivity contribution in [2.24, 2.45) is 0 Å². The lowest BCUT2D eigenvalue weighted by Crippen LogP contribution is -3.14. The highest BCUT2D eigenvalue weighted by molar-refractivity contribution is 7.91. The Morgan fingerprint density at radius 3 is 2.50 bits per heavy atom. The Bertz CT molecular complexity index is 759. The summed E-state index contributed by atoms with van der Waals surface area (Å²) in [4.78, 5) is 1.34. The summed E-state index contributed by atoms with van der Waals surface area (Å²) in [5, 5.41) is 0. The fourth-order valence-electron chi connectivity index (χ4n) is 2.75. The van der Waals surface area contributed by atoms with E-state index in [1.165, 1.54) is 4.90 Å². The van der Waals surface area contributed by atoms with Gasteiger partial charge in [0.25, 0.3) is 10.0 Å². The Morgan fingerprint density at radius 2 is 1.88 bits per heavy atom. The summed E-state index contributed by atoms with van der Waals surface area (Å²) < 4.78 is 34.3. The molecule has 3 rings (SSSR count). The van der Waals surface area contributed by atoms with Crippen LogP contribution < -0.4 is 9.62 Å². The maximum Gasteiger partial charge on any atom is 0.250 e. The molecule has 130 valence electrons. The minimum atomic E-state index is -3.60. The number of morpholine rings is 1. The summed E-state index contributed by atoms with van der Waals surface area (Å²) in [6.45, 7) is 3.88. The number of benzene rings is 1. The molecule has 0 unspecified atom stereocenters. The number of nitrogens with one attached hydrogen (secondary N) is 2. The lowest BCUT2D eigenvalue weighted by Gasteiger charge is -2.28. The summed E-state index contributed by atoms with van der Waals surface area (Å²) in [7, 11) is -3.60. The highest BCUT2D eigenvalue weighted by atomic mass is 35.5. The Hall–Kier alpha value is -0.960. The molecule has 24 heavy (non-hydrogen) atoms. The first-order valence-corrected chi connectivity index (χ1v) is 10.5.